The van der Waals surface area contributed by atoms with Crippen molar-refractivity contribution < 1.29 is 9.59 Å². The number of amides is 2. The lowest BCUT2D eigenvalue weighted by Gasteiger charge is -2.07. The molecule has 1 aromatic rings. The molecular formula is C13H20ClN3O2. The van der Waals surface area contributed by atoms with Crippen molar-refractivity contribution in [3.05, 3.63) is 35.4 Å². The Bertz CT molecular complexity index is 436. The summed E-state index contributed by atoms with van der Waals surface area (Å²) >= 11 is 0. The van der Waals surface area contributed by atoms with Crippen molar-refractivity contribution in [2.45, 2.75) is 32.4 Å². The van der Waals surface area contributed by atoms with E-state index >= 15 is 0 Å². The van der Waals surface area contributed by atoms with Gasteiger partial charge in [0.25, 0.3) is 0 Å². The highest BCUT2D eigenvalue weighted by molar-refractivity contribution is 5.92. The highest BCUT2D eigenvalue weighted by Gasteiger charge is 2.05. The lowest BCUT2D eigenvalue weighted by atomic mass is 10.1. The number of benzene rings is 1. The number of primary amides is 1. The standard InChI is InChI=1S/C13H19N3O2.ClH/c1-9(14)5-6-12(17)16-8-10-3-2-4-11(7-10)13(15)18;/h2-4,7,9H,5-6,8,14H2,1H3,(H2,15,18)(H,16,17);1H. The summed E-state index contributed by atoms with van der Waals surface area (Å²) in [5.41, 5.74) is 12.0. The number of rotatable bonds is 6. The maximum absolute atomic E-state index is 11.5. The van der Waals surface area contributed by atoms with Gasteiger partial charge in [-0.2, -0.15) is 0 Å². The van der Waals surface area contributed by atoms with Crippen molar-refractivity contribution in [1.29, 1.82) is 0 Å². The topological polar surface area (TPSA) is 98.2 Å². The van der Waals surface area contributed by atoms with Crippen LogP contribution in [-0.2, 0) is 11.3 Å². The van der Waals surface area contributed by atoms with Crippen LogP contribution in [0.3, 0.4) is 0 Å². The van der Waals surface area contributed by atoms with Gasteiger partial charge in [0.1, 0.15) is 0 Å². The van der Waals surface area contributed by atoms with E-state index in [4.69, 9.17) is 11.5 Å². The van der Waals surface area contributed by atoms with E-state index in [-0.39, 0.29) is 24.4 Å². The minimum Gasteiger partial charge on any atom is -0.366 e. The molecule has 0 aromatic heterocycles. The van der Waals surface area contributed by atoms with E-state index in [1.54, 1.807) is 18.2 Å². The normalized spacial score (nSPS) is 11.3. The summed E-state index contributed by atoms with van der Waals surface area (Å²) in [5, 5.41) is 2.77. The van der Waals surface area contributed by atoms with Crippen LogP contribution in [0.4, 0.5) is 0 Å². The van der Waals surface area contributed by atoms with Crippen LogP contribution >= 0.6 is 12.4 Å². The van der Waals surface area contributed by atoms with E-state index in [2.05, 4.69) is 5.32 Å². The maximum atomic E-state index is 11.5. The largest absolute Gasteiger partial charge is 0.366 e. The van der Waals surface area contributed by atoms with E-state index in [0.29, 0.717) is 24.9 Å². The fraction of sp³-hybridized carbons (Fsp3) is 0.385. The van der Waals surface area contributed by atoms with Gasteiger partial charge in [-0.15, -0.1) is 12.4 Å². The first-order valence-corrected chi connectivity index (χ1v) is 5.90. The Hall–Kier alpha value is -1.59. The molecule has 2 amide bonds. The third-order valence-corrected chi connectivity index (χ3v) is 2.53. The third kappa shape index (κ3) is 6.79. The molecular weight excluding hydrogens is 266 g/mol. The summed E-state index contributed by atoms with van der Waals surface area (Å²) in [7, 11) is 0. The lowest BCUT2D eigenvalue weighted by Crippen LogP contribution is -2.25. The van der Waals surface area contributed by atoms with Gasteiger partial charge in [0.15, 0.2) is 0 Å². The van der Waals surface area contributed by atoms with Gasteiger partial charge >= 0.3 is 0 Å². The molecule has 0 saturated heterocycles. The van der Waals surface area contributed by atoms with Crippen LogP contribution < -0.4 is 16.8 Å². The van der Waals surface area contributed by atoms with E-state index in [0.717, 1.165) is 5.56 Å². The first-order chi connectivity index (χ1) is 8.49. The van der Waals surface area contributed by atoms with Crippen LogP contribution in [0.2, 0.25) is 0 Å². The Morgan fingerprint density at radius 2 is 2.05 bits per heavy atom. The zero-order valence-electron chi connectivity index (χ0n) is 10.9. The summed E-state index contributed by atoms with van der Waals surface area (Å²) in [4.78, 5) is 22.5. The Labute approximate surface area is 119 Å². The summed E-state index contributed by atoms with van der Waals surface area (Å²) in [6.45, 7) is 2.25. The molecule has 0 spiro atoms. The van der Waals surface area contributed by atoms with Crippen molar-refractivity contribution in [1.82, 2.24) is 5.32 Å². The Morgan fingerprint density at radius 1 is 1.37 bits per heavy atom. The highest BCUT2D eigenvalue weighted by atomic mass is 35.5. The first kappa shape index (κ1) is 17.4. The number of hydrogen-bond donors (Lipinski definition) is 3. The van der Waals surface area contributed by atoms with Crippen LogP contribution in [0.5, 0.6) is 0 Å². The molecule has 106 valence electrons. The lowest BCUT2D eigenvalue weighted by molar-refractivity contribution is -0.121. The van der Waals surface area contributed by atoms with Gasteiger partial charge in [-0.25, -0.2) is 0 Å². The van der Waals surface area contributed by atoms with Gasteiger partial charge < -0.3 is 16.8 Å². The molecule has 0 fully saturated rings. The van der Waals surface area contributed by atoms with E-state index in [1.807, 2.05) is 13.0 Å². The minimum atomic E-state index is -0.472. The van der Waals surface area contributed by atoms with Gasteiger partial charge in [-0.1, -0.05) is 12.1 Å². The van der Waals surface area contributed by atoms with Gasteiger partial charge in [0, 0.05) is 24.6 Å². The SMILES string of the molecule is CC(N)CCC(=O)NCc1cccc(C(N)=O)c1.Cl. The van der Waals surface area contributed by atoms with E-state index in [9.17, 15) is 9.59 Å². The second kappa shape index (κ2) is 8.50. The predicted molar refractivity (Wildman–Crippen MR) is 76.9 cm³/mol. The maximum Gasteiger partial charge on any atom is 0.248 e. The second-order valence-electron chi connectivity index (χ2n) is 4.36. The molecule has 0 heterocycles. The second-order valence-corrected chi connectivity index (χ2v) is 4.36. The van der Waals surface area contributed by atoms with Gasteiger partial charge in [0.05, 0.1) is 0 Å². The van der Waals surface area contributed by atoms with E-state index in [1.165, 1.54) is 0 Å². The van der Waals surface area contributed by atoms with Gasteiger partial charge in [-0.3, -0.25) is 9.59 Å². The van der Waals surface area contributed by atoms with Crippen LogP contribution in [0.1, 0.15) is 35.7 Å². The predicted octanol–water partition coefficient (Wildman–Crippen LogP) is 0.951. The number of carbonyl (C=O) groups is 2. The zero-order chi connectivity index (χ0) is 13.5. The molecule has 0 aliphatic heterocycles. The van der Waals surface area contributed by atoms with Gasteiger partial charge in [-0.05, 0) is 31.0 Å². The molecule has 19 heavy (non-hydrogen) atoms. The summed E-state index contributed by atoms with van der Waals surface area (Å²) in [6.07, 6.45) is 1.07. The van der Waals surface area contributed by atoms with Crippen molar-refractivity contribution in [2.24, 2.45) is 11.5 Å². The fourth-order valence-corrected chi connectivity index (χ4v) is 1.48. The molecule has 0 saturated carbocycles. The van der Waals surface area contributed by atoms with Crippen molar-refractivity contribution in [2.75, 3.05) is 0 Å². The smallest absolute Gasteiger partial charge is 0.248 e. The Kier molecular flexibility index (Phi) is 7.79. The average Bonchev–Trinajstić information content (AvgIpc) is 2.34. The van der Waals surface area contributed by atoms with E-state index < -0.39 is 5.91 Å². The summed E-state index contributed by atoms with van der Waals surface area (Å²) in [6, 6.07) is 6.91. The Balaban J connectivity index is 0.00000324. The molecule has 1 aromatic carbocycles. The third-order valence-electron chi connectivity index (χ3n) is 2.53. The van der Waals surface area contributed by atoms with Crippen molar-refractivity contribution in [3.8, 4) is 0 Å². The first-order valence-electron chi connectivity index (χ1n) is 5.90. The number of nitrogens with two attached hydrogens (primary N) is 2. The van der Waals surface area contributed by atoms with Crippen LogP contribution in [0, 0.1) is 0 Å². The molecule has 1 rings (SSSR count). The van der Waals surface area contributed by atoms with Crippen molar-refractivity contribution in [3.63, 3.8) is 0 Å². The monoisotopic (exact) mass is 285 g/mol. The summed E-state index contributed by atoms with van der Waals surface area (Å²) < 4.78 is 0. The van der Waals surface area contributed by atoms with Crippen LogP contribution in [-0.4, -0.2) is 17.9 Å². The number of carbonyl (C=O) groups excluding carboxylic acids is 2. The molecule has 0 bridgehead atoms. The molecule has 1 atom stereocenters. The van der Waals surface area contributed by atoms with Crippen LogP contribution in [0.15, 0.2) is 24.3 Å². The molecule has 0 radical (unpaired) electrons. The number of hydrogen-bond acceptors (Lipinski definition) is 3. The summed E-state index contributed by atoms with van der Waals surface area (Å²) in [5.74, 6) is -0.517. The van der Waals surface area contributed by atoms with Crippen molar-refractivity contribution >= 4 is 24.2 Å². The molecule has 5 N–H and O–H groups in total. The number of nitrogens with one attached hydrogen (secondary N) is 1. The van der Waals surface area contributed by atoms with Crippen LogP contribution in [0.25, 0.3) is 0 Å². The zero-order valence-corrected chi connectivity index (χ0v) is 11.7. The number of halogens is 1. The Morgan fingerprint density at radius 3 is 2.63 bits per heavy atom. The highest BCUT2D eigenvalue weighted by Crippen LogP contribution is 2.04. The van der Waals surface area contributed by atoms with Gasteiger partial charge in [0.2, 0.25) is 11.8 Å². The molecule has 0 aliphatic rings. The average molecular weight is 286 g/mol. The molecule has 5 nitrogen and oxygen atoms in total. The fourth-order valence-electron chi connectivity index (χ4n) is 1.48. The molecule has 6 heteroatoms. The molecule has 0 aliphatic carbocycles. The quantitative estimate of drug-likeness (QED) is 0.726. The minimum absolute atomic E-state index is 0. The molecule has 1 unspecified atom stereocenters.